The van der Waals surface area contributed by atoms with Gasteiger partial charge >= 0.3 is 0 Å². The molecule has 0 aliphatic carbocycles. The third-order valence-corrected chi connectivity index (χ3v) is 3.65. The first kappa shape index (κ1) is 16.1. The van der Waals surface area contributed by atoms with Crippen molar-refractivity contribution in [3.05, 3.63) is 58.1 Å². The van der Waals surface area contributed by atoms with Gasteiger partial charge in [-0.25, -0.2) is 0 Å². The van der Waals surface area contributed by atoms with E-state index in [0.29, 0.717) is 5.92 Å². The molecular weight excluding hydrogens is 326 g/mol. The highest BCUT2D eigenvalue weighted by Gasteiger charge is 2.06. The first-order valence-electron chi connectivity index (χ1n) is 7.28. The molecule has 0 fully saturated rings. The summed E-state index contributed by atoms with van der Waals surface area (Å²) in [6, 6.07) is 14.2. The first-order chi connectivity index (χ1) is 10.0. The smallest absolute Gasteiger partial charge is 0.131 e. The predicted molar refractivity (Wildman–Crippen MR) is 91.9 cm³/mol. The molecule has 21 heavy (non-hydrogen) atoms. The summed E-state index contributed by atoms with van der Waals surface area (Å²) in [7, 11) is 0. The molecule has 0 spiro atoms. The Kier molecular flexibility index (Phi) is 5.83. The minimum absolute atomic E-state index is 0.644. The van der Waals surface area contributed by atoms with Gasteiger partial charge in [-0.15, -0.1) is 0 Å². The molecule has 3 heteroatoms. The van der Waals surface area contributed by atoms with Crippen LogP contribution < -0.4 is 10.1 Å². The van der Waals surface area contributed by atoms with Crippen molar-refractivity contribution in [3.63, 3.8) is 0 Å². The summed E-state index contributed by atoms with van der Waals surface area (Å²) < 4.78 is 7.07. The number of ether oxygens (including phenoxy) is 1. The zero-order valence-corrected chi connectivity index (χ0v) is 14.4. The van der Waals surface area contributed by atoms with E-state index >= 15 is 0 Å². The molecule has 2 nitrogen and oxygen atoms in total. The van der Waals surface area contributed by atoms with Crippen LogP contribution in [0.15, 0.2) is 46.9 Å². The van der Waals surface area contributed by atoms with Crippen LogP contribution in [0.1, 0.15) is 25.0 Å². The van der Waals surface area contributed by atoms with E-state index in [2.05, 4.69) is 54.2 Å². The van der Waals surface area contributed by atoms with Crippen LogP contribution in [-0.4, -0.2) is 6.54 Å². The molecular formula is C18H22BrNO. The van der Waals surface area contributed by atoms with Crippen molar-refractivity contribution in [2.24, 2.45) is 5.92 Å². The van der Waals surface area contributed by atoms with E-state index in [0.717, 1.165) is 29.1 Å². The number of nitrogens with one attached hydrogen (secondary N) is 1. The summed E-state index contributed by atoms with van der Waals surface area (Å²) in [5.41, 5.74) is 2.44. The van der Waals surface area contributed by atoms with Gasteiger partial charge in [0.15, 0.2) is 0 Å². The highest BCUT2D eigenvalue weighted by Crippen LogP contribution is 2.27. The van der Waals surface area contributed by atoms with Gasteiger partial charge in [-0.05, 0) is 49.7 Å². The molecule has 0 amide bonds. The van der Waals surface area contributed by atoms with Crippen molar-refractivity contribution in [1.82, 2.24) is 5.32 Å². The number of rotatable bonds is 6. The number of benzene rings is 2. The van der Waals surface area contributed by atoms with Crippen LogP contribution >= 0.6 is 15.9 Å². The van der Waals surface area contributed by atoms with Crippen molar-refractivity contribution < 1.29 is 4.74 Å². The Morgan fingerprint density at radius 2 is 1.81 bits per heavy atom. The molecule has 2 aromatic carbocycles. The molecule has 0 bridgehead atoms. The van der Waals surface area contributed by atoms with E-state index in [-0.39, 0.29) is 0 Å². The third-order valence-electron chi connectivity index (χ3n) is 3.13. The SMILES string of the molecule is Cc1ccc(Oc2ccc(Br)cc2)c(CNCC(C)C)c1. The van der Waals surface area contributed by atoms with Gasteiger partial charge in [0.2, 0.25) is 0 Å². The molecule has 112 valence electrons. The second-order valence-electron chi connectivity index (χ2n) is 5.69. The molecule has 1 N–H and O–H groups in total. The van der Waals surface area contributed by atoms with E-state index in [1.54, 1.807) is 0 Å². The Labute approximate surface area is 135 Å². The second-order valence-corrected chi connectivity index (χ2v) is 6.61. The van der Waals surface area contributed by atoms with Gasteiger partial charge in [-0.2, -0.15) is 0 Å². The first-order valence-corrected chi connectivity index (χ1v) is 8.07. The van der Waals surface area contributed by atoms with Crippen molar-refractivity contribution in [1.29, 1.82) is 0 Å². The second kappa shape index (κ2) is 7.62. The molecule has 0 radical (unpaired) electrons. The fraction of sp³-hybridized carbons (Fsp3) is 0.333. The lowest BCUT2D eigenvalue weighted by Gasteiger charge is -2.14. The van der Waals surface area contributed by atoms with Crippen LogP contribution in [0.25, 0.3) is 0 Å². The zero-order valence-electron chi connectivity index (χ0n) is 12.8. The fourth-order valence-corrected chi connectivity index (χ4v) is 2.34. The summed E-state index contributed by atoms with van der Waals surface area (Å²) in [6.45, 7) is 8.36. The molecule has 0 atom stereocenters. The van der Waals surface area contributed by atoms with Gasteiger partial charge in [0.05, 0.1) is 0 Å². The Bertz CT molecular complexity index is 578. The Morgan fingerprint density at radius 3 is 2.48 bits per heavy atom. The highest BCUT2D eigenvalue weighted by atomic mass is 79.9. The molecule has 0 saturated heterocycles. The number of halogens is 1. The summed E-state index contributed by atoms with van der Waals surface area (Å²) in [6.07, 6.45) is 0. The normalized spacial score (nSPS) is 10.9. The lowest BCUT2D eigenvalue weighted by molar-refractivity contribution is 0.469. The highest BCUT2D eigenvalue weighted by molar-refractivity contribution is 9.10. The quantitative estimate of drug-likeness (QED) is 0.765. The van der Waals surface area contributed by atoms with Crippen LogP contribution in [0.3, 0.4) is 0 Å². The van der Waals surface area contributed by atoms with Crippen LogP contribution in [0, 0.1) is 12.8 Å². The van der Waals surface area contributed by atoms with Gasteiger partial charge in [0.25, 0.3) is 0 Å². The summed E-state index contributed by atoms with van der Waals surface area (Å²) in [5.74, 6) is 2.41. The van der Waals surface area contributed by atoms with Gasteiger partial charge in [-0.3, -0.25) is 0 Å². The summed E-state index contributed by atoms with van der Waals surface area (Å²) in [5, 5.41) is 3.48. The van der Waals surface area contributed by atoms with E-state index in [1.807, 2.05) is 30.3 Å². The van der Waals surface area contributed by atoms with E-state index in [9.17, 15) is 0 Å². The van der Waals surface area contributed by atoms with Crippen molar-refractivity contribution in [2.45, 2.75) is 27.3 Å². The summed E-state index contributed by atoms with van der Waals surface area (Å²) >= 11 is 3.44. The maximum absolute atomic E-state index is 6.02. The Balaban J connectivity index is 2.12. The van der Waals surface area contributed by atoms with Gasteiger partial charge in [0, 0.05) is 16.6 Å². The predicted octanol–water partition coefficient (Wildman–Crippen LogP) is 5.30. The van der Waals surface area contributed by atoms with Crippen LogP contribution in [0.5, 0.6) is 11.5 Å². The minimum Gasteiger partial charge on any atom is -0.457 e. The lowest BCUT2D eigenvalue weighted by atomic mass is 10.1. The molecule has 0 saturated carbocycles. The molecule has 0 heterocycles. The van der Waals surface area contributed by atoms with Crippen LogP contribution in [-0.2, 0) is 6.54 Å². The summed E-state index contributed by atoms with van der Waals surface area (Å²) in [4.78, 5) is 0. The lowest BCUT2D eigenvalue weighted by Crippen LogP contribution is -2.19. The molecule has 0 aliphatic rings. The fourth-order valence-electron chi connectivity index (χ4n) is 2.07. The van der Waals surface area contributed by atoms with Crippen LogP contribution in [0.2, 0.25) is 0 Å². The van der Waals surface area contributed by atoms with Crippen LogP contribution in [0.4, 0.5) is 0 Å². The third kappa shape index (κ3) is 5.18. The molecule has 0 unspecified atom stereocenters. The maximum atomic E-state index is 6.02. The molecule has 0 aromatic heterocycles. The topological polar surface area (TPSA) is 21.3 Å². The van der Waals surface area contributed by atoms with E-state index < -0.39 is 0 Å². The monoisotopic (exact) mass is 347 g/mol. The van der Waals surface area contributed by atoms with E-state index in [1.165, 1.54) is 11.1 Å². The van der Waals surface area contributed by atoms with E-state index in [4.69, 9.17) is 4.74 Å². The number of hydrogen-bond acceptors (Lipinski definition) is 2. The number of aryl methyl sites for hydroxylation is 1. The number of hydrogen-bond donors (Lipinski definition) is 1. The molecule has 0 aliphatic heterocycles. The van der Waals surface area contributed by atoms with Crippen molar-refractivity contribution in [3.8, 4) is 11.5 Å². The average molecular weight is 348 g/mol. The standard InChI is InChI=1S/C18H22BrNO/c1-13(2)11-20-12-15-10-14(3)4-9-18(15)21-17-7-5-16(19)6-8-17/h4-10,13,20H,11-12H2,1-3H3. The molecule has 2 rings (SSSR count). The molecule has 2 aromatic rings. The van der Waals surface area contributed by atoms with Gasteiger partial charge in [-0.1, -0.05) is 47.5 Å². The van der Waals surface area contributed by atoms with Crippen molar-refractivity contribution >= 4 is 15.9 Å². The van der Waals surface area contributed by atoms with Gasteiger partial charge < -0.3 is 10.1 Å². The Morgan fingerprint density at radius 1 is 1.10 bits per heavy atom. The average Bonchev–Trinajstić information content (AvgIpc) is 2.43. The van der Waals surface area contributed by atoms with Crippen molar-refractivity contribution in [2.75, 3.05) is 6.54 Å². The Hall–Kier alpha value is -1.32. The zero-order chi connectivity index (χ0) is 15.2. The van der Waals surface area contributed by atoms with Gasteiger partial charge in [0.1, 0.15) is 11.5 Å². The largest absolute Gasteiger partial charge is 0.457 e. The maximum Gasteiger partial charge on any atom is 0.131 e. The minimum atomic E-state index is 0.644.